The Kier molecular flexibility index (Phi) is 14.7. The van der Waals surface area contributed by atoms with Crippen LogP contribution in [0.2, 0.25) is 0 Å². The maximum Gasteiger partial charge on any atom is 0.469 e. The third-order valence-corrected chi connectivity index (χ3v) is 5.75. The maximum absolute atomic E-state index is 11.3. The minimum Gasteiger partial charge on any atom is -0.351 e. The van der Waals surface area contributed by atoms with Crippen molar-refractivity contribution in [2.75, 3.05) is 6.61 Å². The van der Waals surface area contributed by atoms with Crippen molar-refractivity contribution in [1.82, 2.24) is 5.32 Å². The summed E-state index contributed by atoms with van der Waals surface area (Å²) in [4.78, 5) is 38.6. The predicted octanol–water partition coefficient (Wildman–Crippen LogP) is 3.45. The molecule has 0 saturated heterocycles. The summed E-state index contributed by atoms with van der Waals surface area (Å²) >= 11 is 3.26. The molecule has 150 valence electrons. The van der Waals surface area contributed by atoms with E-state index in [4.69, 9.17) is 15.5 Å². The molecule has 8 nitrogen and oxygen atoms in total. The fourth-order valence-corrected chi connectivity index (χ4v) is 2.40. The molecule has 0 rings (SSSR count). The van der Waals surface area contributed by atoms with Gasteiger partial charge in [0.15, 0.2) is 0 Å². The molecule has 1 unspecified atom stereocenters. The summed E-state index contributed by atoms with van der Waals surface area (Å²) in [7, 11) is -4.26. The van der Waals surface area contributed by atoms with E-state index >= 15 is 0 Å². The van der Waals surface area contributed by atoms with Crippen molar-refractivity contribution in [2.24, 2.45) is 11.7 Å². The lowest BCUT2D eigenvalue weighted by Crippen LogP contribution is -2.46. The van der Waals surface area contributed by atoms with Gasteiger partial charge in [0, 0.05) is 0 Å². The average Bonchev–Trinajstić information content (AvgIpc) is 2.53. The molecule has 0 heterocycles. The molecule has 0 bridgehead atoms. The van der Waals surface area contributed by atoms with E-state index in [0.717, 1.165) is 25.7 Å². The van der Waals surface area contributed by atoms with Crippen molar-refractivity contribution in [3.05, 3.63) is 0 Å². The second kappa shape index (κ2) is 13.7. The summed E-state index contributed by atoms with van der Waals surface area (Å²) in [5, 5.41) is 2.04. The van der Waals surface area contributed by atoms with E-state index in [2.05, 4.69) is 27.4 Å². The second-order valence-electron chi connectivity index (χ2n) is 5.69. The van der Waals surface area contributed by atoms with Gasteiger partial charge in [0.2, 0.25) is 5.91 Å². The number of hydrogen-bond donors (Lipinski definition) is 4. The van der Waals surface area contributed by atoms with Crippen molar-refractivity contribution >= 4 is 35.7 Å². The molecule has 5 N–H and O–H groups in total. The molecule has 0 radical (unpaired) electrons. The normalized spacial score (nSPS) is 12.8. The summed E-state index contributed by atoms with van der Waals surface area (Å²) in [6.45, 7) is 7.98. The molecule has 10 heteroatoms. The van der Waals surface area contributed by atoms with Crippen LogP contribution < -0.4 is 11.1 Å². The third-order valence-electron chi connectivity index (χ3n) is 3.79. The van der Waals surface area contributed by atoms with E-state index in [1.165, 1.54) is 0 Å². The van der Waals surface area contributed by atoms with Gasteiger partial charge >= 0.3 is 13.9 Å². The zero-order chi connectivity index (χ0) is 20.1. The topological polar surface area (TPSA) is 139 Å². The number of rotatable bonds is 10. The Bertz CT molecular complexity index is 440. The quantitative estimate of drug-likeness (QED) is 0.299. The van der Waals surface area contributed by atoms with Gasteiger partial charge in [-0.25, -0.2) is 9.36 Å². The molecule has 1 atom stereocenters. The predicted molar refractivity (Wildman–Crippen MR) is 101 cm³/mol. The molecule has 0 aliphatic rings. The number of carbonyl (C=O) groups excluding carboxylic acids is 2. The monoisotopic (exact) mass is 446 g/mol. The van der Waals surface area contributed by atoms with Gasteiger partial charge in [0.25, 0.3) is 0 Å². The largest absolute Gasteiger partial charge is 0.469 e. The standard InChI is InChI=1S/C8H19O4P.C7H13BrN2O2/c1-3-5-6-8(4-2)7-12-13(9,10)11;1-3-7(8,4-2)5(11)10-6(9)12/h8H,3-7H2,1-2H3,(H2,9,10,11);3-4H2,1-2H3,(H3,9,10,11,12). The molecule has 0 spiro atoms. The number of carbonyl (C=O) groups is 2. The van der Waals surface area contributed by atoms with E-state index in [0.29, 0.717) is 12.8 Å². The zero-order valence-electron chi connectivity index (χ0n) is 15.5. The van der Waals surface area contributed by atoms with Crippen LogP contribution >= 0.6 is 23.8 Å². The number of unbranched alkanes of at least 4 members (excludes halogenated alkanes) is 1. The van der Waals surface area contributed by atoms with E-state index in [1.807, 2.05) is 26.1 Å². The van der Waals surface area contributed by atoms with Gasteiger partial charge in [-0.2, -0.15) is 0 Å². The number of phosphoric acid groups is 1. The van der Waals surface area contributed by atoms with Gasteiger partial charge in [-0.3, -0.25) is 14.6 Å². The molecule has 0 aromatic carbocycles. The van der Waals surface area contributed by atoms with Crippen LogP contribution in [0.15, 0.2) is 0 Å². The Hall–Kier alpha value is -0.470. The lowest BCUT2D eigenvalue weighted by molar-refractivity contribution is -0.122. The van der Waals surface area contributed by atoms with Crippen molar-refractivity contribution in [3.63, 3.8) is 0 Å². The molecule has 0 fully saturated rings. The maximum atomic E-state index is 11.3. The van der Waals surface area contributed by atoms with Gasteiger partial charge in [0.1, 0.15) is 4.32 Å². The van der Waals surface area contributed by atoms with Crippen LogP contribution in [-0.2, 0) is 13.9 Å². The molecular formula is C15H32BrN2O6P. The summed E-state index contributed by atoms with van der Waals surface area (Å²) in [5.74, 6) is -0.104. The van der Waals surface area contributed by atoms with Crippen molar-refractivity contribution in [1.29, 1.82) is 0 Å². The van der Waals surface area contributed by atoms with E-state index < -0.39 is 18.2 Å². The van der Waals surface area contributed by atoms with Crippen LogP contribution in [0.25, 0.3) is 0 Å². The molecule has 3 amide bonds. The Morgan fingerprint density at radius 3 is 2.08 bits per heavy atom. The van der Waals surface area contributed by atoms with Crippen LogP contribution in [0.5, 0.6) is 0 Å². The molecule has 0 aliphatic carbocycles. The number of hydrogen-bond acceptors (Lipinski definition) is 4. The third kappa shape index (κ3) is 14.4. The van der Waals surface area contributed by atoms with E-state index in [1.54, 1.807) is 0 Å². The second-order valence-corrected chi connectivity index (χ2v) is 8.45. The van der Waals surface area contributed by atoms with E-state index in [9.17, 15) is 14.2 Å². The number of alkyl halides is 1. The number of imide groups is 1. The van der Waals surface area contributed by atoms with Crippen LogP contribution in [0.4, 0.5) is 4.79 Å². The highest BCUT2D eigenvalue weighted by Crippen LogP contribution is 2.37. The lowest BCUT2D eigenvalue weighted by atomic mass is 10.0. The minimum atomic E-state index is -4.26. The van der Waals surface area contributed by atoms with Crippen molar-refractivity contribution < 1.29 is 28.5 Å². The number of nitrogens with one attached hydrogen (secondary N) is 1. The first-order chi connectivity index (χ1) is 11.5. The van der Waals surface area contributed by atoms with Crippen molar-refractivity contribution in [3.8, 4) is 0 Å². The number of halogens is 1. The Labute approximate surface area is 158 Å². The van der Waals surface area contributed by atoms with Gasteiger partial charge in [-0.15, -0.1) is 0 Å². The van der Waals surface area contributed by atoms with Gasteiger partial charge in [-0.05, 0) is 25.2 Å². The first-order valence-electron chi connectivity index (χ1n) is 8.45. The number of urea groups is 1. The van der Waals surface area contributed by atoms with Crippen LogP contribution in [-0.4, -0.2) is 32.7 Å². The summed E-state index contributed by atoms with van der Waals surface area (Å²) < 4.78 is 14.2. The fourth-order valence-electron chi connectivity index (χ4n) is 1.90. The first-order valence-corrected chi connectivity index (χ1v) is 10.8. The Balaban J connectivity index is 0. The molecular weight excluding hydrogens is 415 g/mol. The first kappa shape index (κ1) is 26.8. The summed E-state index contributed by atoms with van der Waals surface area (Å²) in [5.41, 5.74) is 4.81. The average molecular weight is 447 g/mol. The molecule has 0 saturated carbocycles. The number of nitrogens with two attached hydrogens (primary N) is 1. The number of primary amides is 1. The van der Waals surface area contributed by atoms with Crippen LogP contribution in [0.1, 0.15) is 66.2 Å². The van der Waals surface area contributed by atoms with Gasteiger partial charge in [0.05, 0.1) is 6.61 Å². The Morgan fingerprint density at radius 1 is 1.24 bits per heavy atom. The SMILES string of the molecule is CCC(Br)(CC)C(=O)NC(N)=O.CCCCC(CC)COP(=O)(O)O. The van der Waals surface area contributed by atoms with Crippen LogP contribution in [0.3, 0.4) is 0 Å². The molecule has 0 aromatic heterocycles. The fraction of sp³-hybridized carbons (Fsp3) is 0.867. The minimum absolute atomic E-state index is 0.167. The molecule has 0 aromatic rings. The molecule has 25 heavy (non-hydrogen) atoms. The molecule has 0 aliphatic heterocycles. The zero-order valence-corrected chi connectivity index (χ0v) is 17.9. The highest BCUT2D eigenvalue weighted by atomic mass is 79.9. The van der Waals surface area contributed by atoms with Crippen molar-refractivity contribution in [2.45, 2.75) is 70.5 Å². The highest BCUT2D eigenvalue weighted by molar-refractivity contribution is 9.10. The summed E-state index contributed by atoms with van der Waals surface area (Å²) in [6.07, 6.45) is 5.30. The van der Waals surface area contributed by atoms with Gasteiger partial charge in [-0.1, -0.05) is 62.9 Å². The van der Waals surface area contributed by atoms with Gasteiger partial charge < -0.3 is 15.5 Å². The van der Waals surface area contributed by atoms with Crippen LogP contribution in [0, 0.1) is 5.92 Å². The highest BCUT2D eigenvalue weighted by Gasteiger charge is 2.32. The lowest BCUT2D eigenvalue weighted by Gasteiger charge is -2.21. The summed E-state index contributed by atoms with van der Waals surface area (Å²) in [6, 6.07) is -0.814. The van der Waals surface area contributed by atoms with E-state index in [-0.39, 0.29) is 18.4 Å². The Morgan fingerprint density at radius 2 is 1.76 bits per heavy atom. The smallest absolute Gasteiger partial charge is 0.351 e. The number of amides is 3. The number of phosphoric ester groups is 1.